The highest BCUT2D eigenvalue weighted by Crippen LogP contribution is 2.26. The number of nitrogens with zero attached hydrogens (tertiary/aromatic N) is 4. The predicted octanol–water partition coefficient (Wildman–Crippen LogP) is 4.89. The van der Waals surface area contributed by atoms with Gasteiger partial charge in [-0.3, -0.25) is 4.79 Å². The standard InChI is InChI=1S/C21H15ClN4O2S/c1-13-17(23-20(28-13)19-3-2-10-29-19)12-25-8-9-26-18(21(25)27)11-16(24-26)14-4-6-15(22)7-5-14/h2-11H,12H2,1H3. The lowest BCUT2D eigenvalue weighted by Gasteiger charge is -2.03. The molecule has 1 aromatic carbocycles. The van der Waals surface area contributed by atoms with E-state index in [4.69, 9.17) is 16.0 Å². The maximum Gasteiger partial charge on any atom is 0.276 e. The molecule has 0 radical (unpaired) electrons. The lowest BCUT2D eigenvalue weighted by Crippen LogP contribution is -2.22. The van der Waals surface area contributed by atoms with Crippen molar-refractivity contribution in [3.63, 3.8) is 0 Å². The first-order valence-electron chi connectivity index (χ1n) is 8.93. The number of benzene rings is 1. The molecule has 5 rings (SSSR count). The maximum atomic E-state index is 13.0. The Morgan fingerprint density at radius 2 is 2.00 bits per heavy atom. The summed E-state index contributed by atoms with van der Waals surface area (Å²) in [5.74, 6) is 1.28. The minimum Gasteiger partial charge on any atom is -0.440 e. The van der Waals surface area contributed by atoms with E-state index in [1.165, 1.54) is 0 Å². The molecule has 4 heterocycles. The zero-order chi connectivity index (χ0) is 20.0. The molecule has 8 heteroatoms. The van der Waals surface area contributed by atoms with Crippen molar-refractivity contribution in [2.24, 2.45) is 0 Å². The normalized spacial score (nSPS) is 11.4. The van der Waals surface area contributed by atoms with Gasteiger partial charge in [0.2, 0.25) is 5.89 Å². The fourth-order valence-corrected chi connectivity index (χ4v) is 3.93. The summed E-state index contributed by atoms with van der Waals surface area (Å²) in [6.45, 7) is 2.19. The largest absolute Gasteiger partial charge is 0.440 e. The fraction of sp³-hybridized carbons (Fsp3) is 0.0952. The molecular formula is C21H15ClN4O2S. The van der Waals surface area contributed by atoms with Crippen LogP contribution >= 0.6 is 22.9 Å². The van der Waals surface area contributed by atoms with E-state index in [0.717, 1.165) is 16.1 Å². The van der Waals surface area contributed by atoms with Crippen LogP contribution < -0.4 is 5.56 Å². The van der Waals surface area contributed by atoms with Crippen molar-refractivity contribution in [3.05, 3.63) is 87.1 Å². The van der Waals surface area contributed by atoms with Gasteiger partial charge >= 0.3 is 0 Å². The minimum atomic E-state index is -0.139. The summed E-state index contributed by atoms with van der Waals surface area (Å²) in [6.07, 6.45) is 3.48. The van der Waals surface area contributed by atoms with Gasteiger partial charge in [0.15, 0.2) is 0 Å². The van der Waals surface area contributed by atoms with Gasteiger partial charge < -0.3 is 8.98 Å². The van der Waals surface area contributed by atoms with Gasteiger partial charge in [-0.05, 0) is 36.6 Å². The Bertz CT molecular complexity index is 1360. The molecule has 6 nitrogen and oxygen atoms in total. The average molecular weight is 423 g/mol. The van der Waals surface area contributed by atoms with Crippen molar-refractivity contribution in [2.75, 3.05) is 0 Å². The Morgan fingerprint density at radius 1 is 1.17 bits per heavy atom. The van der Waals surface area contributed by atoms with Crippen molar-refractivity contribution < 1.29 is 4.42 Å². The van der Waals surface area contributed by atoms with Crippen molar-refractivity contribution in [1.82, 2.24) is 19.2 Å². The number of aromatic nitrogens is 4. The number of hydrogen-bond acceptors (Lipinski definition) is 5. The van der Waals surface area contributed by atoms with E-state index in [1.807, 2.05) is 36.6 Å². The summed E-state index contributed by atoms with van der Waals surface area (Å²) in [5, 5.41) is 7.14. The number of halogens is 1. The first-order chi connectivity index (χ1) is 14.1. The monoisotopic (exact) mass is 422 g/mol. The van der Waals surface area contributed by atoms with Crippen LogP contribution in [0.2, 0.25) is 5.02 Å². The van der Waals surface area contributed by atoms with Crippen molar-refractivity contribution in [2.45, 2.75) is 13.5 Å². The van der Waals surface area contributed by atoms with E-state index >= 15 is 0 Å². The Kier molecular flexibility index (Phi) is 4.34. The van der Waals surface area contributed by atoms with E-state index in [9.17, 15) is 4.79 Å². The van der Waals surface area contributed by atoms with Crippen LogP contribution in [0.3, 0.4) is 0 Å². The van der Waals surface area contributed by atoms with Crippen LogP contribution in [0.15, 0.2) is 69.5 Å². The molecule has 4 aromatic heterocycles. The Morgan fingerprint density at radius 3 is 2.76 bits per heavy atom. The SMILES string of the molecule is Cc1oc(-c2cccs2)nc1Cn1ccn2nc(-c3ccc(Cl)cc3)cc2c1=O. The van der Waals surface area contributed by atoms with Crippen LogP contribution in [-0.4, -0.2) is 19.2 Å². The third-order valence-electron chi connectivity index (χ3n) is 4.69. The molecule has 0 saturated heterocycles. The molecule has 0 aliphatic heterocycles. The highest BCUT2D eigenvalue weighted by atomic mass is 35.5. The van der Waals surface area contributed by atoms with Gasteiger partial charge in [-0.25, -0.2) is 9.50 Å². The summed E-state index contributed by atoms with van der Waals surface area (Å²) in [6, 6.07) is 13.1. The zero-order valence-electron chi connectivity index (χ0n) is 15.4. The lowest BCUT2D eigenvalue weighted by atomic mass is 10.1. The van der Waals surface area contributed by atoms with Crippen LogP contribution in [0, 0.1) is 6.92 Å². The van der Waals surface area contributed by atoms with Gasteiger partial charge in [-0.15, -0.1) is 11.3 Å². The molecule has 0 unspecified atom stereocenters. The van der Waals surface area contributed by atoms with Gasteiger partial charge in [-0.1, -0.05) is 29.8 Å². The molecular weight excluding hydrogens is 408 g/mol. The predicted molar refractivity (Wildman–Crippen MR) is 114 cm³/mol. The van der Waals surface area contributed by atoms with Gasteiger partial charge in [0, 0.05) is 23.0 Å². The second-order valence-corrected chi connectivity index (χ2v) is 7.98. The lowest BCUT2D eigenvalue weighted by molar-refractivity contribution is 0.538. The van der Waals surface area contributed by atoms with E-state index in [0.29, 0.717) is 34.4 Å². The fourth-order valence-electron chi connectivity index (χ4n) is 3.15. The second kappa shape index (κ2) is 7.02. The third kappa shape index (κ3) is 3.28. The average Bonchev–Trinajstić information content (AvgIpc) is 3.45. The number of oxazole rings is 1. The molecule has 0 amide bonds. The summed E-state index contributed by atoms with van der Waals surface area (Å²) < 4.78 is 9.00. The van der Waals surface area contributed by atoms with Gasteiger partial charge in [0.25, 0.3) is 5.56 Å². The maximum absolute atomic E-state index is 13.0. The molecule has 0 spiro atoms. The summed E-state index contributed by atoms with van der Waals surface area (Å²) in [4.78, 5) is 18.5. The van der Waals surface area contributed by atoms with E-state index in [2.05, 4.69) is 10.1 Å². The van der Waals surface area contributed by atoms with E-state index < -0.39 is 0 Å². The van der Waals surface area contributed by atoms with Crippen LogP contribution in [-0.2, 0) is 6.54 Å². The number of aryl methyl sites for hydroxylation is 1. The number of rotatable bonds is 4. The summed E-state index contributed by atoms with van der Waals surface area (Å²) >= 11 is 7.52. The minimum absolute atomic E-state index is 0.139. The van der Waals surface area contributed by atoms with Gasteiger partial charge in [0.1, 0.15) is 17.0 Å². The van der Waals surface area contributed by atoms with Crippen LogP contribution in [0.4, 0.5) is 0 Å². The third-order valence-corrected chi connectivity index (χ3v) is 5.80. The highest BCUT2D eigenvalue weighted by molar-refractivity contribution is 7.13. The summed E-state index contributed by atoms with van der Waals surface area (Å²) in [5.41, 5.74) is 2.71. The Labute approximate surface area is 174 Å². The highest BCUT2D eigenvalue weighted by Gasteiger charge is 2.15. The van der Waals surface area contributed by atoms with Crippen molar-refractivity contribution in [3.8, 4) is 22.0 Å². The molecule has 29 heavy (non-hydrogen) atoms. The van der Waals surface area contributed by atoms with E-state index in [1.54, 1.807) is 51.0 Å². The molecule has 0 fully saturated rings. The number of fused-ring (bicyclic) bond motifs is 1. The van der Waals surface area contributed by atoms with E-state index in [-0.39, 0.29) is 5.56 Å². The molecule has 0 aliphatic carbocycles. The molecule has 0 N–H and O–H groups in total. The molecule has 5 aromatic rings. The zero-order valence-corrected chi connectivity index (χ0v) is 16.9. The first-order valence-corrected chi connectivity index (χ1v) is 10.2. The molecule has 0 aliphatic rings. The number of thiophene rings is 1. The summed E-state index contributed by atoms with van der Waals surface area (Å²) in [7, 11) is 0. The van der Waals surface area contributed by atoms with Crippen molar-refractivity contribution >= 4 is 28.5 Å². The molecule has 144 valence electrons. The topological polar surface area (TPSA) is 65.3 Å². The van der Waals surface area contributed by atoms with Gasteiger partial charge in [-0.2, -0.15) is 5.10 Å². The molecule has 0 bridgehead atoms. The number of hydrogen-bond donors (Lipinski definition) is 0. The Hall–Kier alpha value is -3.16. The van der Waals surface area contributed by atoms with Gasteiger partial charge in [0.05, 0.1) is 17.1 Å². The smallest absolute Gasteiger partial charge is 0.276 e. The quantitative estimate of drug-likeness (QED) is 0.413. The molecule has 0 saturated carbocycles. The molecule has 0 atom stereocenters. The second-order valence-electron chi connectivity index (χ2n) is 6.60. The Balaban J connectivity index is 1.51. The van der Waals surface area contributed by atoms with Crippen LogP contribution in [0.25, 0.3) is 27.5 Å². The van der Waals surface area contributed by atoms with Crippen LogP contribution in [0.5, 0.6) is 0 Å². The van der Waals surface area contributed by atoms with Crippen molar-refractivity contribution in [1.29, 1.82) is 0 Å². The van der Waals surface area contributed by atoms with Crippen LogP contribution in [0.1, 0.15) is 11.5 Å². The first kappa shape index (κ1) is 17.9.